The number of benzene rings is 2. The third-order valence-electron chi connectivity index (χ3n) is 3.37. The van der Waals surface area contributed by atoms with Gasteiger partial charge in [0.25, 0.3) is 0 Å². The maximum absolute atomic E-state index is 6.04. The largest absolute Gasteiger partial charge is 0.394 e. The van der Waals surface area contributed by atoms with E-state index < -0.39 is 8.56 Å². The molecule has 0 saturated carbocycles. The molecule has 2 rings (SSSR count). The second-order valence-corrected chi connectivity index (χ2v) is 7.72. The lowest BCUT2D eigenvalue weighted by Crippen LogP contribution is -2.52. The van der Waals surface area contributed by atoms with Crippen LogP contribution in [-0.4, -0.2) is 22.3 Å². The first-order valence-electron chi connectivity index (χ1n) is 6.44. The molecule has 0 aliphatic carbocycles. The molecule has 3 heteroatoms. The van der Waals surface area contributed by atoms with E-state index in [1.165, 1.54) is 16.0 Å². The lowest BCUT2D eigenvalue weighted by Gasteiger charge is -2.29. The molecule has 0 amide bonds. The fraction of sp³-hybridized carbons (Fsp3) is 0.333. The van der Waals surface area contributed by atoms with Gasteiger partial charge in [-0.25, -0.2) is 0 Å². The van der Waals surface area contributed by atoms with Crippen LogP contribution in [0.5, 0.6) is 0 Å². The Morgan fingerprint density at radius 3 is 2.39 bits per heavy atom. The quantitative estimate of drug-likeness (QED) is 0.769. The highest BCUT2D eigenvalue weighted by Crippen LogP contribution is 2.19. The molecule has 2 aromatic carbocycles. The van der Waals surface area contributed by atoms with Crippen LogP contribution in [0.15, 0.2) is 42.5 Å². The van der Waals surface area contributed by atoms with Crippen LogP contribution >= 0.6 is 0 Å². The van der Waals surface area contributed by atoms with E-state index in [9.17, 15) is 0 Å². The highest BCUT2D eigenvalue weighted by atomic mass is 28.4. The number of fused-ring (bicyclic) bond motifs is 1. The highest BCUT2D eigenvalue weighted by molar-refractivity contribution is 6.83. The topological polar surface area (TPSA) is 18.5 Å². The van der Waals surface area contributed by atoms with Crippen LogP contribution in [0.25, 0.3) is 10.8 Å². The van der Waals surface area contributed by atoms with Crippen molar-refractivity contribution in [1.82, 2.24) is 0 Å². The average molecular weight is 260 g/mol. The summed E-state index contributed by atoms with van der Waals surface area (Å²) in [5.41, 5.74) is 0. The van der Waals surface area contributed by atoms with Gasteiger partial charge in [0.2, 0.25) is 0 Å². The zero-order valence-corrected chi connectivity index (χ0v) is 12.3. The maximum atomic E-state index is 6.04. The van der Waals surface area contributed by atoms with E-state index >= 15 is 0 Å². The summed E-state index contributed by atoms with van der Waals surface area (Å²) in [7, 11) is -0.513. The van der Waals surface area contributed by atoms with Gasteiger partial charge in [-0.3, -0.25) is 0 Å². The van der Waals surface area contributed by atoms with Crippen LogP contribution in [-0.2, 0) is 8.85 Å². The van der Waals surface area contributed by atoms with Gasteiger partial charge in [0.1, 0.15) is 0 Å². The van der Waals surface area contributed by atoms with Crippen molar-refractivity contribution in [2.45, 2.75) is 19.9 Å². The van der Waals surface area contributed by atoms with Crippen molar-refractivity contribution in [3.8, 4) is 0 Å². The van der Waals surface area contributed by atoms with Crippen LogP contribution in [0, 0.1) is 0 Å². The van der Waals surface area contributed by atoms with Crippen molar-refractivity contribution in [1.29, 1.82) is 0 Å². The van der Waals surface area contributed by atoms with Crippen molar-refractivity contribution < 1.29 is 8.85 Å². The highest BCUT2D eigenvalue weighted by Gasteiger charge is 2.38. The summed E-state index contributed by atoms with van der Waals surface area (Å²) in [6.07, 6.45) is 0. The molecule has 1 atom stereocenters. The first-order valence-corrected chi connectivity index (χ1v) is 8.47. The van der Waals surface area contributed by atoms with E-state index in [2.05, 4.69) is 49.4 Å². The van der Waals surface area contributed by atoms with Crippen molar-refractivity contribution in [3.63, 3.8) is 0 Å². The summed E-state index contributed by atoms with van der Waals surface area (Å²) < 4.78 is 11.9. The Morgan fingerprint density at radius 2 is 1.72 bits per heavy atom. The molecular formula is C15H20O2Si. The Labute approximate surface area is 110 Å². The van der Waals surface area contributed by atoms with E-state index in [1.807, 2.05) is 6.92 Å². The van der Waals surface area contributed by atoms with E-state index in [4.69, 9.17) is 8.85 Å². The van der Waals surface area contributed by atoms with E-state index in [0.717, 1.165) is 6.04 Å². The zero-order chi connectivity index (χ0) is 13.0. The second-order valence-electron chi connectivity index (χ2n) is 4.27. The Bertz CT molecular complexity index is 515. The number of rotatable bonds is 5. The summed E-state index contributed by atoms with van der Waals surface area (Å²) in [5, 5.41) is 3.74. The first kappa shape index (κ1) is 13.3. The van der Waals surface area contributed by atoms with Gasteiger partial charge in [-0.05, 0) is 23.7 Å². The summed E-state index contributed by atoms with van der Waals surface area (Å²) in [6.45, 7) is 4.87. The van der Waals surface area contributed by atoms with Crippen LogP contribution in [0.4, 0.5) is 0 Å². The van der Waals surface area contributed by atoms with E-state index in [0.29, 0.717) is 6.61 Å². The van der Waals surface area contributed by atoms with Crippen LogP contribution in [0.1, 0.15) is 13.8 Å². The molecular weight excluding hydrogens is 240 g/mol. The van der Waals surface area contributed by atoms with Gasteiger partial charge >= 0.3 is 8.56 Å². The van der Waals surface area contributed by atoms with Gasteiger partial charge in [0.05, 0.1) is 0 Å². The SMILES string of the molecule is CCO[Si](CC)(OC)c1cccc2ccccc12. The molecule has 0 bridgehead atoms. The molecule has 18 heavy (non-hydrogen) atoms. The summed E-state index contributed by atoms with van der Waals surface area (Å²) in [5.74, 6) is 0. The fourth-order valence-electron chi connectivity index (χ4n) is 2.47. The Balaban J connectivity index is 2.64. The molecule has 0 aliphatic rings. The van der Waals surface area contributed by atoms with Crippen molar-refractivity contribution in [3.05, 3.63) is 42.5 Å². The predicted octanol–water partition coefficient (Wildman–Crippen LogP) is 3.19. The van der Waals surface area contributed by atoms with Gasteiger partial charge in [-0.15, -0.1) is 0 Å². The van der Waals surface area contributed by atoms with Crippen LogP contribution < -0.4 is 5.19 Å². The monoisotopic (exact) mass is 260 g/mol. The minimum Gasteiger partial charge on any atom is -0.394 e. The predicted molar refractivity (Wildman–Crippen MR) is 78.5 cm³/mol. The molecule has 96 valence electrons. The van der Waals surface area contributed by atoms with E-state index in [1.54, 1.807) is 7.11 Å². The van der Waals surface area contributed by atoms with Crippen molar-refractivity contribution >= 4 is 24.5 Å². The van der Waals surface area contributed by atoms with Crippen LogP contribution in [0.3, 0.4) is 0 Å². The molecule has 0 saturated heterocycles. The molecule has 1 unspecified atom stereocenters. The standard InChI is InChI=1S/C15H20O2Si/c1-4-17-18(5-2,16-3)15-12-8-10-13-9-6-7-11-14(13)15/h6-12H,4-5H2,1-3H3. The molecule has 0 aromatic heterocycles. The van der Waals surface area contributed by atoms with Gasteiger partial charge in [-0.1, -0.05) is 49.4 Å². The molecule has 0 heterocycles. The molecule has 0 fully saturated rings. The summed E-state index contributed by atoms with van der Waals surface area (Å²) in [6, 6.07) is 15.7. The molecule has 0 spiro atoms. The van der Waals surface area contributed by atoms with Gasteiger partial charge in [-0.2, -0.15) is 0 Å². The third-order valence-corrected chi connectivity index (χ3v) is 6.97. The van der Waals surface area contributed by atoms with Crippen molar-refractivity contribution in [2.75, 3.05) is 13.7 Å². The number of hydrogen-bond acceptors (Lipinski definition) is 2. The smallest absolute Gasteiger partial charge is 0.372 e. The molecule has 0 aliphatic heterocycles. The lowest BCUT2D eigenvalue weighted by atomic mass is 10.1. The minimum atomic E-state index is -2.28. The molecule has 2 nitrogen and oxygen atoms in total. The Hall–Kier alpha value is -1.16. The second kappa shape index (κ2) is 5.65. The minimum absolute atomic E-state index is 0.692. The summed E-state index contributed by atoms with van der Waals surface area (Å²) in [4.78, 5) is 0. The van der Waals surface area contributed by atoms with Gasteiger partial charge < -0.3 is 8.85 Å². The molecule has 2 aromatic rings. The first-order chi connectivity index (χ1) is 8.77. The Morgan fingerprint density at radius 1 is 1.00 bits per heavy atom. The summed E-state index contributed by atoms with van der Waals surface area (Å²) >= 11 is 0. The van der Waals surface area contributed by atoms with Gasteiger partial charge in [0.15, 0.2) is 0 Å². The fourth-order valence-corrected chi connectivity index (χ4v) is 5.30. The lowest BCUT2D eigenvalue weighted by molar-refractivity contribution is 0.224. The van der Waals surface area contributed by atoms with Gasteiger partial charge in [0, 0.05) is 18.9 Å². The molecule has 0 N–H and O–H groups in total. The number of hydrogen-bond donors (Lipinski definition) is 0. The Kier molecular flexibility index (Phi) is 4.17. The average Bonchev–Trinajstić information content (AvgIpc) is 2.44. The third kappa shape index (κ3) is 2.21. The van der Waals surface area contributed by atoms with Crippen LogP contribution in [0.2, 0.25) is 6.04 Å². The van der Waals surface area contributed by atoms with Crippen molar-refractivity contribution in [2.24, 2.45) is 0 Å². The zero-order valence-electron chi connectivity index (χ0n) is 11.3. The van der Waals surface area contributed by atoms with E-state index in [-0.39, 0.29) is 0 Å². The normalized spacial score (nSPS) is 14.6. The molecule has 0 radical (unpaired) electrons. The maximum Gasteiger partial charge on any atom is 0.372 e.